The topological polar surface area (TPSA) is 29.5 Å². The first-order valence-electron chi connectivity index (χ1n) is 6.41. The highest BCUT2D eigenvalue weighted by atomic mass is 32.2. The molecular weight excluding hydrogens is 234 g/mol. The highest BCUT2D eigenvalue weighted by Crippen LogP contribution is 2.21. The summed E-state index contributed by atoms with van der Waals surface area (Å²) in [7, 11) is 1.74. The molecule has 1 aliphatic rings. The Morgan fingerprint density at radius 2 is 2.29 bits per heavy atom. The summed E-state index contributed by atoms with van der Waals surface area (Å²) in [4.78, 5) is 14.0. The average molecular weight is 259 g/mol. The third kappa shape index (κ3) is 4.51. The van der Waals surface area contributed by atoms with Crippen molar-refractivity contribution in [1.29, 1.82) is 0 Å². The Hall–Kier alpha value is -0.220. The number of likely N-dealkylation sites (tertiary alicyclic amines) is 1. The lowest BCUT2D eigenvalue weighted by molar-refractivity contribution is -0.136. The summed E-state index contributed by atoms with van der Waals surface area (Å²) in [6, 6.07) is 0. The number of nitrogens with zero attached hydrogens (tertiary/aromatic N) is 1. The van der Waals surface area contributed by atoms with Crippen LogP contribution in [0.2, 0.25) is 0 Å². The molecule has 0 radical (unpaired) electrons. The molecule has 0 N–H and O–H groups in total. The van der Waals surface area contributed by atoms with E-state index in [1.54, 1.807) is 7.11 Å². The van der Waals surface area contributed by atoms with Gasteiger partial charge in [-0.1, -0.05) is 13.8 Å². The minimum Gasteiger partial charge on any atom is -0.379 e. The Morgan fingerprint density at radius 1 is 1.59 bits per heavy atom. The molecule has 0 aromatic carbocycles. The molecule has 0 spiro atoms. The number of methoxy groups -OCH3 is 1. The third-order valence-corrected chi connectivity index (χ3v) is 4.75. The van der Waals surface area contributed by atoms with Crippen LogP contribution in [-0.2, 0) is 9.53 Å². The molecule has 3 nitrogen and oxygen atoms in total. The van der Waals surface area contributed by atoms with Gasteiger partial charge in [0.15, 0.2) is 0 Å². The number of amides is 1. The summed E-state index contributed by atoms with van der Waals surface area (Å²) in [5, 5.41) is 0.570. The van der Waals surface area contributed by atoms with E-state index in [4.69, 9.17) is 4.74 Å². The van der Waals surface area contributed by atoms with Gasteiger partial charge in [-0.3, -0.25) is 4.79 Å². The molecule has 4 heteroatoms. The van der Waals surface area contributed by atoms with Crippen LogP contribution in [0.25, 0.3) is 0 Å². The van der Waals surface area contributed by atoms with Crippen molar-refractivity contribution < 1.29 is 9.53 Å². The molecule has 17 heavy (non-hydrogen) atoms. The predicted molar refractivity (Wildman–Crippen MR) is 73.4 cm³/mol. The van der Waals surface area contributed by atoms with Crippen molar-refractivity contribution in [3.63, 3.8) is 0 Å². The second-order valence-electron chi connectivity index (χ2n) is 4.96. The molecule has 0 aliphatic carbocycles. The van der Waals surface area contributed by atoms with E-state index in [0.29, 0.717) is 23.5 Å². The molecular formula is C13H25NO2S. The van der Waals surface area contributed by atoms with Crippen molar-refractivity contribution in [1.82, 2.24) is 4.90 Å². The average Bonchev–Trinajstić information content (AvgIpc) is 2.35. The quantitative estimate of drug-likeness (QED) is 0.759. The molecule has 1 saturated heterocycles. The number of carbonyl (C=O) groups excluding carboxylic acids is 1. The van der Waals surface area contributed by atoms with E-state index in [1.165, 1.54) is 0 Å². The molecule has 0 aromatic rings. The Kier molecular flexibility index (Phi) is 6.34. The van der Waals surface area contributed by atoms with Gasteiger partial charge < -0.3 is 9.64 Å². The number of carbonyl (C=O) groups is 1. The lowest BCUT2D eigenvalue weighted by Gasteiger charge is -2.36. The Balaban J connectivity index is 2.37. The van der Waals surface area contributed by atoms with E-state index in [-0.39, 0.29) is 6.10 Å². The molecule has 1 heterocycles. The van der Waals surface area contributed by atoms with E-state index >= 15 is 0 Å². The Labute approximate surface area is 109 Å². The van der Waals surface area contributed by atoms with Gasteiger partial charge in [0.05, 0.1) is 6.10 Å². The van der Waals surface area contributed by atoms with Gasteiger partial charge in [-0.05, 0) is 25.0 Å². The van der Waals surface area contributed by atoms with Gasteiger partial charge in [0.1, 0.15) is 0 Å². The summed E-state index contributed by atoms with van der Waals surface area (Å²) in [6.07, 6.45) is 5.02. The Bertz CT molecular complexity index is 248. The van der Waals surface area contributed by atoms with Crippen LogP contribution in [0, 0.1) is 5.92 Å². The number of rotatable bonds is 5. The monoisotopic (exact) mass is 259 g/mol. The first-order valence-corrected chi connectivity index (χ1v) is 7.70. The SMILES string of the molecule is COC1CN(C(=O)CCC(C)SC)CCC1C. The largest absolute Gasteiger partial charge is 0.379 e. The molecule has 1 amide bonds. The summed E-state index contributed by atoms with van der Waals surface area (Å²) >= 11 is 1.82. The van der Waals surface area contributed by atoms with E-state index in [1.807, 2.05) is 16.7 Å². The van der Waals surface area contributed by atoms with Crippen molar-refractivity contribution >= 4 is 17.7 Å². The van der Waals surface area contributed by atoms with E-state index in [0.717, 1.165) is 25.9 Å². The fourth-order valence-corrected chi connectivity index (χ4v) is 2.52. The van der Waals surface area contributed by atoms with Crippen molar-refractivity contribution in [3.05, 3.63) is 0 Å². The van der Waals surface area contributed by atoms with Crippen molar-refractivity contribution in [2.45, 2.75) is 44.5 Å². The van der Waals surface area contributed by atoms with Crippen molar-refractivity contribution in [2.75, 3.05) is 26.5 Å². The number of piperidine rings is 1. The van der Waals surface area contributed by atoms with Crippen molar-refractivity contribution in [2.24, 2.45) is 5.92 Å². The summed E-state index contributed by atoms with van der Waals surface area (Å²) < 4.78 is 5.43. The van der Waals surface area contributed by atoms with Gasteiger partial charge in [-0.2, -0.15) is 11.8 Å². The maximum Gasteiger partial charge on any atom is 0.222 e. The molecule has 0 saturated carbocycles. The number of hydrogen-bond donors (Lipinski definition) is 0. The molecule has 0 bridgehead atoms. The standard InChI is InChI=1S/C13H25NO2S/c1-10-7-8-14(9-12(10)16-3)13(15)6-5-11(2)17-4/h10-12H,5-9H2,1-4H3. The number of hydrogen-bond acceptors (Lipinski definition) is 3. The smallest absolute Gasteiger partial charge is 0.222 e. The summed E-state index contributed by atoms with van der Waals surface area (Å²) in [6.45, 7) is 6.04. The highest BCUT2D eigenvalue weighted by molar-refractivity contribution is 7.99. The predicted octanol–water partition coefficient (Wildman–Crippen LogP) is 2.40. The lowest BCUT2D eigenvalue weighted by atomic mass is 9.95. The zero-order chi connectivity index (χ0) is 12.8. The molecule has 3 unspecified atom stereocenters. The zero-order valence-electron chi connectivity index (χ0n) is 11.4. The van der Waals surface area contributed by atoms with Crippen LogP contribution < -0.4 is 0 Å². The normalized spacial score (nSPS) is 26.9. The fraction of sp³-hybridized carbons (Fsp3) is 0.923. The van der Waals surface area contributed by atoms with Gasteiger partial charge in [0, 0.05) is 31.9 Å². The zero-order valence-corrected chi connectivity index (χ0v) is 12.3. The van der Waals surface area contributed by atoms with Crippen LogP contribution in [0.1, 0.15) is 33.1 Å². The maximum absolute atomic E-state index is 12.0. The third-order valence-electron chi connectivity index (χ3n) is 3.71. The molecule has 1 rings (SSSR count). The molecule has 0 aromatic heterocycles. The van der Waals surface area contributed by atoms with E-state index < -0.39 is 0 Å². The van der Waals surface area contributed by atoms with Crippen LogP contribution in [0.5, 0.6) is 0 Å². The second kappa shape index (κ2) is 7.27. The Morgan fingerprint density at radius 3 is 2.88 bits per heavy atom. The molecule has 1 aliphatic heterocycles. The van der Waals surface area contributed by atoms with E-state index in [2.05, 4.69) is 20.1 Å². The molecule has 1 fully saturated rings. The second-order valence-corrected chi connectivity index (χ2v) is 6.24. The summed E-state index contributed by atoms with van der Waals surface area (Å²) in [5.41, 5.74) is 0. The van der Waals surface area contributed by atoms with Crippen molar-refractivity contribution in [3.8, 4) is 0 Å². The van der Waals surface area contributed by atoms with Crippen LogP contribution in [0.15, 0.2) is 0 Å². The van der Waals surface area contributed by atoms with Crippen LogP contribution in [0.4, 0.5) is 0 Å². The molecule has 100 valence electrons. The first-order chi connectivity index (χ1) is 8.08. The van der Waals surface area contributed by atoms with Gasteiger partial charge in [-0.25, -0.2) is 0 Å². The maximum atomic E-state index is 12.0. The summed E-state index contributed by atoms with van der Waals surface area (Å²) in [5.74, 6) is 0.856. The fourth-order valence-electron chi connectivity index (χ4n) is 2.17. The van der Waals surface area contributed by atoms with Crippen LogP contribution in [0.3, 0.4) is 0 Å². The first kappa shape index (κ1) is 14.8. The number of ether oxygens (including phenoxy) is 1. The van der Waals surface area contributed by atoms with Gasteiger partial charge in [0.2, 0.25) is 5.91 Å². The van der Waals surface area contributed by atoms with E-state index in [9.17, 15) is 4.79 Å². The van der Waals surface area contributed by atoms with Crippen LogP contribution in [-0.4, -0.2) is 48.6 Å². The highest BCUT2D eigenvalue weighted by Gasteiger charge is 2.28. The lowest BCUT2D eigenvalue weighted by Crippen LogP contribution is -2.46. The molecule has 3 atom stereocenters. The van der Waals surface area contributed by atoms with Gasteiger partial charge in [-0.15, -0.1) is 0 Å². The minimum atomic E-state index is 0.214. The number of thioether (sulfide) groups is 1. The van der Waals surface area contributed by atoms with Crippen LogP contribution >= 0.6 is 11.8 Å². The van der Waals surface area contributed by atoms with Gasteiger partial charge in [0.25, 0.3) is 0 Å². The van der Waals surface area contributed by atoms with Gasteiger partial charge >= 0.3 is 0 Å². The minimum absolute atomic E-state index is 0.214.